The minimum absolute atomic E-state index is 0.176. The molecule has 0 fully saturated rings. The molecule has 0 unspecified atom stereocenters. The molecule has 80 valence electrons. The Hall–Kier alpha value is -1.29. The van der Waals surface area contributed by atoms with Gasteiger partial charge in [0.05, 0.1) is 10.8 Å². The van der Waals surface area contributed by atoms with Crippen LogP contribution in [0.4, 0.5) is 5.13 Å². The van der Waals surface area contributed by atoms with Crippen LogP contribution in [0.3, 0.4) is 0 Å². The molecule has 0 aliphatic rings. The van der Waals surface area contributed by atoms with Gasteiger partial charge in [-0.2, -0.15) is 0 Å². The minimum Gasteiger partial charge on any atom is -0.489 e. The predicted octanol–water partition coefficient (Wildman–Crippen LogP) is 3.13. The van der Waals surface area contributed by atoms with Crippen molar-refractivity contribution in [3.63, 3.8) is 0 Å². The highest BCUT2D eigenvalue weighted by atomic mass is 32.1. The van der Waals surface area contributed by atoms with Crippen molar-refractivity contribution in [1.29, 1.82) is 0 Å². The molecule has 1 aromatic carbocycles. The van der Waals surface area contributed by atoms with Crippen LogP contribution in [0.25, 0.3) is 10.2 Å². The first-order chi connectivity index (χ1) is 7.20. The molecular weight excluding hydrogens is 208 g/mol. The van der Waals surface area contributed by atoms with Crippen molar-refractivity contribution in [2.45, 2.75) is 20.0 Å². The Morgan fingerprint density at radius 2 is 2.20 bits per heavy atom. The number of hydrogen-bond acceptors (Lipinski definition) is 4. The lowest BCUT2D eigenvalue weighted by Crippen LogP contribution is -2.05. The fraction of sp³-hybridized carbons (Fsp3) is 0.364. The van der Waals surface area contributed by atoms with E-state index in [0.717, 1.165) is 21.1 Å². The smallest absolute Gasteiger partial charge is 0.183 e. The molecule has 1 N–H and O–H groups in total. The molecule has 4 heteroatoms. The first-order valence-electron chi connectivity index (χ1n) is 4.94. The Balaban J connectivity index is 2.49. The van der Waals surface area contributed by atoms with E-state index in [4.69, 9.17) is 4.74 Å². The summed E-state index contributed by atoms with van der Waals surface area (Å²) in [6.07, 6.45) is 0.176. The molecule has 0 saturated carbocycles. The molecule has 2 aromatic rings. The van der Waals surface area contributed by atoms with E-state index < -0.39 is 0 Å². The number of para-hydroxylation sites is 1. The molecule has 1 aromatic heterocycles. The van der Waals surface area contributed by atoms with Gasteiger partial charge in [-0.3, -0.25) is 0 Å². The summed E-state index contributed by atoms with van der Waals surface area (Å²) in [6, 6.07) is 6.01. The molecule has 15 heavy (non-hydrogen) atoms. The summed E-state index contributed by atoms with van der Waals surface area (Å²) in [5, 5.41) is 3.97. The topological polar surface area (TPSA) is 34.2 Å². The molecule has 0 spiro atoms. The van der Waals surface area contributed by atoms with Gasteiger partial charge in [0.2, 0.25) is 0 Å². The van der Waals surface area contributed by atoms with Crippen LogP contribution in [0.2, 0.25) is 0 Å². The zero-order chi connectivity index (χ0) is 10.8. The molecule has 0 bridgehead atoms. The molecule has 0 aliphatic carbocycles. The van der Waals surface area contributed by atoms with Gasteiger partial charge in [-0.25, -0.2) is 4.98 Å². The average molecular weight is 222 g/mol. The summed E-state index contributed by atoms with van der Waals surface area (Å²) in [7, 11) is 1.88. The summed E-state index contributed by atoms with van der Waals surface area (Å²) < 4.78 is 6.85. The summed E-state index contributed by atoms with van der Waals surface area (Å²) in [5.41, 5.74) is 0.945. The number of hydrogen-bond donors (Lipinski definition) is 1. The molecule has 0 atom stereocenters. The third-order valence-corrected chi connectivity index (χ3v) is 3.00. The van der Waals surface area contributed by atoms with Crippen molar-refractivity contribution in [3.8, 4) is 5.75 Å². The number of benzene rings is 1. The summed E-state index contributed by atoms with van der Waals surface area (Å²) >= 11 is 1.64. The molecule has 0 amide bonds. The van der Waals surface area contributed by atoms with Crippen LogP contribution in [0, 0.1) is 0 Å². The highest BCUT2D eigenvalue weighted by molar-refractivity contribution is 7.22. The summed E-state index contributed by atoms with van der Waals surface area (Å²) in [5.74, 6) is 0.861. The number of anilines is 1. The van der Waals surface area contributed by atoms with Crippen molar-refractivity contribution >= 4 is 26.7 Å². The van der Waals surface area contributed by atoms with Crippen molar-refractivity contribution in [1.82, 2.24) is 4.98 Å². The normalized spacial score (nSPS) is 10.9. The Morgan fingerprint density at radius 1 is 1.40 bits per heavy atom. The third kappa shape index (κ3) is 2.04. The number of rotatable bonds is 3. The van der Waals surface area contributed by atoms with Crippen molar-refractivity contribution < 1.29 is 4.74 Å². The SMILES string of the molecule is CNc1nc2c(OC(C)C)cccc2s1. The molecular formula is C11H14N2OS. The van der Waals surface area contributed by atoms with Gasteiger partial charge in [0, 0.05) is 7.05 Å². The number of aromatic nitrogens is 1. The minimum atomic E-state index is 0.176. The number of nitrogens with one attached hydrogen (secondary N) is 1. The highest BCUT2D eigenvalue weighted by Crippen LogP contribution is 2.32. The van der Waals surface area contributed by atoms with Crippen LogP contribution < -0.4 is 10.1 Å². The Bertz CT molecular complexity index is 465. The first kappa shape index (κ1) is 10.2. The van der Waals surface area contributed by atoms with Crippen LogP contribution >= 0.6 is 11.3 Å². The monoisotopic (exact) mass is 222 g/mol. The van der Waals surface area contributed by atoms with Gasteiger partial charge in [0.1, 0.15) is 11.3 Å². The van der Waals surface area contributed by atoms with E-state index >= 15 is 0 Å². The zero-order valence-electron chi connectivity index (χ0n) is 9.07. The highest BCUT2D eigenvalue weighted by Gasteiger charge is 2.08. The van der Waals surface area contributed by atoms with E-state index in [0.29, 0.717) is 0 Å². The summed E-state index contributed by atoms with van der Waals surface area (Å²) in [6.45, 7) is 4.04. The molecule has 2 rings (SSSR count). The third-order valence-electron chi connectivity index (χ3n) is 1.96. The van der Waals surface area contributed by atoms with Gasteiger partial charge >= 0.3 is 0 Å². The maximum atomic E-state index is 5.70. The van der Waals surface area contributed by atoms with Gasteiger partial charge in [-0.1, -0.05) is 17.4 Å². The van der Waals surface area contributed by atoms with Gasteiger partial charge in [-0.05, 0) is 26.0 Å². The predicted molar refractivity (Wildman–Crippen MR) is 64.9 cm³/mol. The van der Waals surface area contributed by atoms with Gasteiger partial charge < -0.3 is 10.1 Å². The van der Waals surface area contributed by atoms with E-state index in [-0.39, 0.29) is 6.10 Å². The lowest BCUT2D eigenvalue weighted by Gasteiger charge is -2.09. The zero-order valence-corrected chi connectivity index (χ0v) is 9.89. The Labute approximate surface area is 93.1 Å². The van der Waals surface area contributed by atoms with Crippen molar-refractivity contribution in [3.05, 3.63) is 18.2 Å². The Kier molecular flexibility index (Phi) is 2.77. The number of thiazole rings is 1. The molecule has 0 aliphatic heterocycles. The number of ether oxygens (including phenoxy) is 1. The maximum absolute atomic E-state index is 5.70. The van der Waals surface area contributed by atoms with E-state index in [2.05, 4.69) is 16.4 Å². The largest absolute Gasteiger partial charge is 0.489 e. The van der Waals surface area contributed by atoms with Crippen LogP contribution in [0.1, 0.15) is 13.8 Å². The fourth-order valence-electron chi connectivity index (χ4n) is 1.38. The molecule has 3 nitrogen and oxygen atoms in total. The number of fused-ring (bicyclic) bond motifs is 1. The van der Waals surface area contributed by atoms with Gasteiger partial charge in [-0.15, -0.1) is 0 Å². The van der Waals surface area contributed by atoms with Crippen molar-refractivity contribution in [2.24, 2.45) is 0 Å². The van der Waals surface area contributed by atoms with E-state index in [9.17, 15) is 0 Å². The molecule has 0 radical (unpaired) electrons. The first-order valence-corrected chi connectivity index (χ1v) is 5.76. The second-order valence-corrected chi connectivity index (χ2v) is 4.57. The standard InChI is InChI=1S/C11H14N2OS/c1-7(2)14-8-5-4-6-9-10(8)13-11(12-3)15-9/h4-7H,1-3H3,(H,12,13). The van der Waals surface area contributed by atoms with Gasteiger partial charge in [0.15, 0.2) is 5.13 Å². The molecule has 0 saturated heterocycles. The van der Waals surface area contributed by atoms with E-state index in [1.807, 2.05) is 33.0 Å². The van der Waals surface area contributed by atoms with Crippen molar-refractivity contribution in [2.75, 3.05) is 12.4 Å². The van der Waals surface area contributed by atoms with E-state index in [1.54, 1.807) is 11.3 Å². The summed E-state index contributed by atoms with van der Waals surface area (Å²) in [4.78, 5) is 4.47. The fourth-order valence-corrected chi connectivity index (χ4v) is 2.22. The van der Waals surface area contributed by atoms with Crippen LogP contribution in [0.5, 0.6) is 5.75 Å². The van der Waals surface area contributed by atoms with E-state index in [1.165, 1.54) is 0 Å². The maximum Gasteiger partial charge on any atom is 0.183 e. The lowest BCUT2D eigenvalue weighted by molar-refractivity contribution is 0.245. The second kappa shape index (κ2) is 4.06. The van der Waals surface area contributed by atoms with Crippen LogP contribution in [0.15, 0.2) is 18.2 Å². The Morgan fingerprint density at radius 3 is 2.87 bits per heavy atom. The van der Waals surface area contributed by atoms with Crippen LogP contribution in [-0.2, 0) is 0 Å². The number of nitrogens with zero attached hydrogens (tertiary/aromatic N) is 1. The second-order valence-electron chi connectivity index (χ2n) is 3.54. The lowest BCUT2D eigenvalue weighted by atomic mass is 10.3. The average Bonchev–Trinajstić information content (AvgIpc) is 2.61. The molecule has 1 heterocycles. The quantitative estimate of drug-likeness (QED) is 0.866. The van der Waals surface area contributed by atoms with Crippen LogP contribution in [-0.4, -0.2) is 18.1 Å². The van der Waals surface area contributed by atoms with Gasteiger partial charge in [0.25, 0.3) is 0 Å².